The Bertz CT molecular complexity index is 672. The number of nitrogens with one attached hydrogen (secondary N) is 2. The first-order chi connectivity index (χ1) is 11.5. The van der Waals surface area contributed by atoms with Gasteiger partial charge in [-0.1, -0.05) is 29.8 Å². The number of quaternary nitrogens is 1. The molecule has 24 heavy (non-hydrogen) atoms. The lowest BCUT2D eigenvalue weighted by Gasteiger charge is -2.15. The van der Waals surface area contributed by atoms with Gasteiger partial charge in [0.15, 0.2) is 6.54 Å². The number of benzene rings is 2. The Balaban J connectivity index is 1.76. The summed E-state index contributed by atoms with van der Waals surface area (Å²) in [5.41, 5.74) is 1.37. The van der Waals surface area contributed by atoms with E-state index in [1.54, 1.807) is 24.3 Å². The Morgan fingerprint density at radius 1 is 1.17 bits per heavy atom. The summed E-state index contributed by atoms with van der Waals surface area (Å²) < 4.78 is 26.5. The number of carbonyl (C=O) groups is 1. The molecule has 1 amide bonds. The van der Waals surface area contributed by atoms with Crippen molar-refractivity contribution in [2.45, 2.75) is 13.0 Å². The Kier molecular flexibility index (Phi) is 6.70. The third-order valence-electron chi connectivity index (χ3n) is 3.65. The number of likely N-dealkylation sites (N-methyl/N-ethyl adjacent to an activating group) is 1. The van der Waals surface area contributed by atoms with Gasteiger partial charge in [0.05, 0.1) is 17.6 Å². The molecular weight excluding hydrogens is 334 g/mol. The summed E-state index contributed by atoms with van der Waals surface area (Å²) in [6.45, 7) is 1.02. The predicted molar refractivity (Wildman–Crippen MR) is 90.0 cm³/mol. The monoisotopic (exact) mass is 353 g/mol. The number of rotatable bonds is 7. The molecule has 2 rings (SSSR count). The quantitative estimate of drug-likeness (QED) is 0.784. The van der Waals surface area contributed by atoms with E-state index in [0.29, 0.717) is 30.1 Å². The highest BCUT2D eigenvalue weighted by atomic mass is 35.5. The molecule has 0 aromatic heterocycles. The van der Waals surface area contributed by atoms with Crippen LogP contribution in [0.3, 0.4) is 0 Å². The lowest BCUT2D eigenvalue weighted by Crippen LogP contribution is -3.09. The summed E-state index contributed by atoms with van der Waals surface area (Å²) in [5.74, 6) is -0.763. The number of amides is 1. The molecule has 2 aromatic carbocycles. The van der Waals surface area contributed by atoms with Crippen molar-refractivity contribution in [2.24, 2.45) is 0 Å². The molecule has 0 aliphatic rings. The minimum Gasteiger partial charge on any atom is -0.351 e. The highest BCUT2D eigenvalue weighted by molar-refractivity contribution is 6.31. The third kappa shape index (κ3) is 5.58. The Labute approximate surface area is 145 Å². The van der Waals surface area contributed by atoms with Crippen LogP contribution in [0.25, 0.3) is 0 Å². The van der Waals surface area contributed by atoms with Crippen LogP contribution in [0.1, 0.15) is 11.1 Å². The van der Waals surface area contributed by atoms with Gasteiger partial charge in [-0.25, -0.2) is 8.78 Å². The Morgan fingerprint density at radius 2 is 1.88 bits per heavy atom. The molecule has 128 valence electrons. The van der Waals surface area contributed by atoms with E-state index >= 15 is 0 Å². The minimum absolute atomic E-state index is 0.123. The molecule has 2 aromatic rings. The molecule has 0 heterocycles. The maximum absolute atomic E-state index is 13.7. The van der Waals surface area contributed by atoms with Crippen molar-refractivity contribution in [1.82, 2.24) is 5.32 Å². The van der Waals surface area contributed by atoms with Gasteiger partial charge in [-0.2, -0.15) is 0 Å². The average Bonchev–Trinajstić information content (AvgIpc) is 2.53. The zero-order valence-electron chi connectivity index (χ0n) is 13.4. The first-order valence-corrected chi connectivity index (χ1v) is 8.09. The van der Waals surface area contributed by atoms with E-state index in [9.17, 15) is 13.6 Å². The molecule has 2 N–H and O–H groups in total. The number of halogens is 3. The fourth-order valence-corrected chi connectivity index (χ4v) is 2.63. The highest BCUT2D eigenvalue weighted by Crippen LogP contribution is 2.17. The SMILES string of the molecule is C[NH+](CC(=O)NCCc1ccc(F)cc1)Cc1c(F)cccc1Cl. The lowest BCUT2D eigenvalue weighted by molar-refractivity contribution is -0.885. The Hall–Kier alpha value is -1.98. The van der Waals surface area contributed by atoms with Gasteiger partial charge >= 0.3 is 0 Å². The van der Waals surface area contributed by atoms with Gasteiger partial charge in [0.25, 0.3) is 5.91 Å². The second kappa shape index (κ2) is 8.76. The van der Waals surface area contributed by atoms with E-state index in [0.717, 1.165) is 10.5 Å². The van der Waals surface area contributed by atoms with Gasteiger partial charge in [-0.05, 0) is 36.2 Å². The van der Waals surface area contributed by atoms with E-state index < -0.39 is 0 Å². The summed E-state index contributed by atoms with van der Waals surface area (Å²) >= 11 is 5.99. The van der Waals surface area contributed by atoms with E-state index in [1.165, 1.54) is 18.2 Å². The van der Waals surface area contributed by atoms with Crippen molar-refractivity contribution in [2.75, 3.05) is 20.1 Å². The van der Waals surface area contributed by atoms with Crippen LogP contribution in [0.4, 0.5) is 8.78 Å². The number of hydrogen-bond acceptors (Lipinski definition) is 1. The zero-order valence-corrected chi connectivity index (χ0v) is 14.2. The minimum atomic E-state index is -0.362. The second-order valence-corrected chi connectivity index (χ2v) is 6.14. The molecule has 6 heteroatoms. The first kappa shape index (κ1) is 18.4. The molecule has 1 unspecified atom stereocenters. The maximum atomic E-state index is 13.7. The van der Waals surface area contributed by atoms with Gasteiger partial charge in [0.1, 0.15) is 18.2 Å². The van der Waals surface area contributed by atoms with Crippen LogP contribution < -0.4 is 10.2 Å². The van der Waals surface area contributed by atoms with Gasteiger partial charge in [-0.15, -0.1) is 0 Å². The molecule has 1 atom stereocenters. The largest absolute Gasteiger partial charge is 0.351 e. The van der Waals surface area contributed by atoms with Crippen molar-refractivity contribution in [3.63, 3.8) is 0 Å². The van der Waals surface area contributed by atoms with Gasteiger partial charge in [0, 0.05) is 6.54 Å². The van der Waals surface area contributed by atoms with Crippen LogP contribution in [-0.2, 0) is 17.8 Å². The zero-order chi connectivity index (χ0) is 17.5. The molecule has 0 aliphatic carbocycles. The van der Waals surface area contributed by atoms with E-state index in [2.05, 4.69) is 5.32 Å². The lowest BCUT2D eigenvalue weighted by atomic mass is 10.1. The first-order valence-electron chi connectivity index (χ1n) is 7.71. The normalized spacial score (nSPS) is 12.0. The van der Waals surface area contributed by atoms with Crippen molar-refractivity contribution < 1.29 is 18.5 Å². The fraction of sp³-hybridized carbons (Fsp3) is 0.278. The van der Waals surface area contributed by atoms with Crippen LogP contribution in [0.15, 0.2) is 42.5 Å². The summed E-state index contributed by atoms with van der Waals surface area (Å²) in [6.07, 6.45) is 0.629. The summed E-state index contributed by atoms with van der Waals surface area (Å²) in [6, 6.07) is 10.7. The smallest absolute Gasteiger partial charge is 0.275 e. The summed E-state index contributed by atoms with van der Waals surface area (Å²) in [4.78, 5) is 12.8. The molecule has 0 saturated carbocycles. The van der Waals surface area contributed by atoms with Crippen molar-refractivity contribution >= 4 is 17.5 Å². The molecule has 3 nitrogen and oxygen atoms in total. The van der Waals surface area contributed by atoms with Crippen LogP contribution in [0.2, 0.25) is 5.02 Å². The average molecular weight is 354 g/mol. The molecule has 0 saturated heterocycles. The second-order valence-electron chi connectivity index (χ2n) is 5.74. The molecule has 0 fully saturated rings. The standard InChI is InChI=1S/C18H19ClF2N2O/c1-23(11-15-16(19)3-2-4-17(15)21)12-18(24)22-10-9-13-5-7-14(20)8-6-13/h2-8H,9-12H2,1H3,(H,22,24)/p+1. The fourth-order valence-electron chi connectivity index (χ4n) is 2.40. The molecular formula is C18H20ClF2N2O+. The summed E-state index contributed by atoms with van der Waals surface area (Å²) in [5, 5.41) is 3.18. The van der Waals surface area contributed by atoms with Gasteiger partial charge < -0.3 is 10.2 Å². The van der Waals surface area contributed by atoms with E-state index in [-0.39, 0.29) is 24.1 Å². The predicted octanol–water partition coefficient (Wildman–Crippen LogP) is 1.99. The van der Waals surface area contributed by atoms with Gasteiger partial charge in [0.2, 0.25) is 0 Å². The maximum Gasteiger partial charge on any atom is 0.275 e. The van der Waals surface area contributed by atoms with Crippen LogP contribution in [0, 0.1) is 11.6 Å². The van der Waals surface area contributed by atoms with E-state index in [1.807, 2.05) is 7.05 Å². The number of carbonyl (C=O) groups excluding carboxylic acids is 1. The Morgan fingerprint density at radius 3 is 2.54 bits per heavy atom. The molecule has 0 spiro atoms. The van der Waals surface area contributed by atoms with Crippen molar-refractivity contribution in [3.05, 3.63) is 70.2 Å². The van der Waals surface area contributed by atoms with Crippen molar-refractivity contribution in [1.29, 1.82) is 0 Å². The third-order valence-corrected chi connectivity index (χ3v) is 4.01. The highest BCUT2D eigenvalue weighted by Gasteiger charge is 2.15. The van der Waals surface area contributed by atoms with Crippen LogP contribution in [0.5, 0.6) is 0 Å². The topological polar surface area (TPSA) is 33.5 Å². The van der Waals surface area contributed by atoms with Crippen LogP contribution >= 0.6 is 11.6 Å². The van der Waals surface area contributed by atoms with Crippen molar-refractivity contribution in [3.8, 4) is 0 Å². The van der Waals surface area contributed by atoms with Gasteiger partial charge in [-0.3, -0.25) is 4.79 Å². The number of hydrogen-bond donors (Lipinski definition) is 2. The van der Waals surface area contributed by atoms with Crippen LogP contribution in [-0.4, -0.2) is 26.0 Å². The summed E-state index contributed by atoms with van der Waals surface area (Å²) in [7, 11) is 1.81. The molecule has 0 bridgehead atoms. The molecule has 0 aliphatic heterocycles. The molecule has 0 radical (unpaired) electrons. The van der Waals surface area contributed by atoms with E-state index in [4.69, 9.17) is 11.6 Å².